The van der Waals surface area contributed by atoms with Gasteiger partial charge in [-0.15, -0.1) is 0 Å². The van der Waals surface area contributed by atoms with E-state index >= 15 is 0 Å². The molecule has 2 aromatic carbocycles. The third-order valence-electron chi connectivity index (χ3n) is 7.12. The van der Waals surface area contributed by atoms with E-state index in [1.165, 1.54) is 0 Å². The van der Waals surface area contributed by atoms with Crippen molar-refractivity contribution >= 4 is 0 Å². The normalized spacial score (nSPS) is 18.0. The van der Waals surface area contributed by atoms with E-state index in [0.717, 1.165) is 36.3 Å². The number of ether oxygens (including phenoxy) is 5. The van der Waals surface area contributed by atoms with Crippen molar-refractivity contribution < 1.29 is 23.7 Å². The van der Waals surface area contributed by atoms with Gasteiger partial charge in [0.25, 0.3) is 0 Å². The van der Waals surface area contributed by atoms with Crippen molar-refractivity contribution in [2.45, 2.75) is 63.5 Å². The smallest absolute Gasteiger partial charge is 0.203 e. The van der Waals surface area contributed by atoms with Gasteiger partial charge in [0.15, 0.2) is 23.0 Å². The lowest BCUT2D eigenvalue weighted by molar-refractivity contribution is 0.0788. The van der Waals surface area contributed by atoms with Crippen LogP contribution < -0.4 is 29.4 Å². The Morgan fingerprint density at radius 3 is 2.43 bits per heavy atom. The van der Waals surface area contributed by atoms with E-state index in [2.05, 4.69) is 19.9 Å². The van der Waals surface area contributed by atoms with Crippen molar-refractivity contribution in [2.24, 2.45) is 11.7 Å². The van der Waals surface area contributed by atoms with Crippen LogP contribution in [0.15, 0.2) is 36.4 Å². The maximum Gasteiger partial charge on any atom is 0.203 e. The van der Waals surface area contributed by atoms with E-state index in [0.29, 0.717) is 36.7 Å². The molecule has 0 amide bonds. The van der Waals surface area contributed by atoms with Crippen molar-refractivity contribution in [2.75, 3.05) is 27.9 Å². The Labute approximate surface area is 209 Å². The molecule has 0 bridgehead atoms. The Morgan fingerprint density at radius 1 is 1.09 bits per heavy atom. The van der Waals surface area contributed by atoms with Crippen molar-refractivity contribution in [3.05, 3.63) is 42.0 Å². The lowest BCUT2D eigenvalue weighted by Crippen LogP contribution is -2.36. The molecule has 0 radical (unpaired) electrons. The number of nitrogens with two attached hydrogens (primary N) is 1. The van der Waals surface area contributed by atoms with E-state index in [1.54, 1.807) is 21.3 Å². The van der Waals surface area contributed by atoms with Crippen molar-refractivity contribution in [1.82, 2.24) is 0 Å². The summed E-state index contributed by atoms with van der Waals surface area (Å²) in [5.41, 5.74) is 6.58. The lowest BCUT2D eigenvalue weighted by Gasteiger charge is -2.35. The van der Waals surface area contributed by atoms with Gasteiger partial charge in [-0.3, -0.25) is 0 Å². The second-order valence-corrected chi connectivity index (χ2v) is 9.16. The summed E-state index contributed by atoms with van der Waals surface area (Å²) in [5, 5.41) is 10.5. The van der Waals surface area contributed by atoms with Gasteiger partial charge in [0.2, 0.25) is 5.75 Å². The minimum absolute atomic E-state index is 0.0607. The summed E-state index contributed by atoms with van der Waals surface area (Å²) < 4.78 is 28.7. The van der Waals surface area contributed by atoms with Crippen molar-refractivity contribution in [3.63, 3.8) is 0 Å². The van der Waals surface area contributed by atoms with Gasteiger partial charge in [-0.25, -0.2) is 0 Å². The number of rotatable bonds is 12. The molecule has 1 aliphatic rings. The molecule has 190 valence electrons. The zero-order valence-corrected chi connectivity index (χ0v) is 21.5. The second kappa shape index (κ2) is 12.0. The fraction of sp³-hybridized carbons (Fsp3) is 0.536. The van der Waals surface area contributed by atoms with Gasteiger partial charge in [0.05, 0.1) is 32.8 Å². The van der Waals surface area contributed by atoms with E-state index in [9.17, 15) is 5.26 Å². The summed E-state index contributed by atoms with van der Waals surface area (Å²) in [6.45, 7) is 4.71. The number of benzene rings is 2. The van der Waals surface area contributed by atoms with Crippen LogP contribution in [0.5, 0.6) is 28.7 Å². The third kappa shape index (κ3) is 5.59. The highest BCUT2D eigenvalue weighted by Gasteiger charge is 2.41. The molecule has 2 N–H and O–H groups in total. The summed E-state index contributed by atoms with van der Waals surface area (Å²) in [5.74, 6) is 3.25. The van der Waals surface area contributed by atoms with Crippen molar-refractivity contribution in [1.29, 1.82) is 5.26 Å². The average molecular weight is 483 g/mol. The molecule has 0 fully saturated rings. The Kier molecular flexibility index (Phi) is 9.11. The first-order valence-electron chi connectivity index (χ1n) is 12.3. The van der Waals surface area contributed by atoms with Gasteiger partial charge in [0.1, 0.15) is 12.7 Å². The highest BCUT2D eigenvalue weighted by atomic mass is 16.6. The maximum atomic E-state index is 10.5. The molecule has 0 saturated heterocycles. The fourth-order valence-corrected chi connectivity index (χ4v) is 4.95. The summed E-state index contributed by atoms with van der Waals surface area (Å²) in [6.07, 6.45) is 3.68. The Hall–Kier alpha value is -3.11. The number of fused-ring (bicyclic) bond motifs is 1. The fourth-order valence-electron chi connectivity index (χ4n) is 4.95. The van der Waals surface area contributed by atoms with Crippen LogP contribution in [0.25, 0.3) is 0 Å². The molecule has 0 spiro atoms. The molecular formula is C28H38N2O5. The van der Waals surface area contributed by atoms with Crippen LogP contribution in [-0.4, -0.2) is 40.1 Å². The number of nitriles is 1. The first-order valence-corrected chi connectivity index (χ1v) is 12.3. The molecule has 0 saturated carbocycles. The predicted octanol–water partition coefficient (Wildman–Crippen LogP) is 5.25. The molecule has 3 rings (SSSR count). The second-order valence-electron chi connectivity index (χ2n) is 9.16. The van der Waals surface area contributed by atoms with Crippen LogP contribution >= 0.6 is 0 Å². The molecule has 0 aliphatic carbocycles. The average Bonchev–Trinajstić information content (AvgIpc) is 2.89. The summed E-state index contributed by atoms with van der Waals surface area (Å²) in [4.78, 5) is 0. The quantitative estimate of drug-likeness (QED) is 0.441. The van der Waals surface area contributed by atoms with E-state index < -0.39 is 5.41 Å². The summed E-state index contributed by atoms with van der Waals surface area (Å²) in [6, 6.07) is 14.0. The molecule has 7 heteroatoms. The predicted molar refractivity (Wildman–Crippen MR) is 136 cm³/mol. The topological polar surface area (TPSA) is 96.0 Å². The third-order valence-corrected chi connectivity index (χ3v) is 7.12. The molecule has 4 unspecified atom stereocenters. The maximum absolute atomic E-state index is 10.5. The van der Waals surface area contributed by atoms with Gasteiger partial charge in [0, 0.05) is 18.0 Å². The number of nitrogens with zero attached hydrogens (tertiary/aromatic N) is 1. The number of hydrogen-bond donors (Lipinski definition) is 1. The van der Waals surface area contributed by atoms with E-state index in [-0.39, 0.29) is 18.1 Å². The standard InChI is InChI=1S/C28H38N2O5/c1-6-19(2)28(18-29,22-13-14-25(31-3)27(33-5)26(22)32-4)15-9-10-20(30)16-21-17-34-23-11-7-8-12-24(23)35-21/h7-8,11-14,19-21H,6,9-10,15-17,30H2,1-5H3. The Morgan fingerprint density at radius 2 is 1.80 bits per heavy atom. The van der Waals surface area contributed by atoms with Gasteiger partial charge in [-0.1, -0.05) is 32.4 Å². The highest BCUT2D eigenvalue weighted by Crippen LogP contribution is 2.49. The molecule has 0 aromatic heterocycles. The van der Waals surface area contributed by atoms with E-state index in [1.807, 2.05) is 36.4 Å². The number of para-hydroxylation sites is 2. The molecule has 2 aromatic rings. The van der Waals surface area contributed by atoms with Gasteiger partial charge >= 0.3 is 0 Å². The first-order chi connectivity index (χ1) is 16.9. The minimum Gasteiger partial charge on any atom is -0.493 e. The Balaban J connectivity index is 1.73. The van der Waals surface area contributed by atoms with Crippen LogP contribution in [0.4, 0.5) is 0 Å². The summed E-state index contributed by atoms with van der Waals surface area (Å²) in [7, 11) is 4.76. The summed E-state index contributed by atoms with van der Waals surface area (Å²) >= 11 is 0. The zero-order valence-electron chi connectivity index (χ0n) is 21.5. The zero-order chi connectivity index (χ0) is 25.4. The van der Waals surface area contributed by atoms with E-state index in [4.69, 9.17) is 29.4 Å². The molecule has 35 heavy (non-hydrogen) atoms. The van der Waals surface area contributed by atoms with Crippen molar-refractivity contribution in [3.8, 4) is 34.8 Å². The molecular weight excluding hydrogens is 444 g/mol. The number of methoxy groups -OCH3 is 3. The molecule has 1 aliphatic heterocycles. The Bertz CT molecular complexity index is 1020. The van der Waals surface area contributed by atoms with Crippen LogP contribution in [0, 0.1) is 17.2 Å². The van der Waals surface area contributed by atoms with Gasteiger partial charge < -0.3 is 29.4 Å². The van der Waals surface area contributed by atoms with Crippen LogP contribution in [0.1, 0.15) is 51.5 Å². The first kappa shape index (κ1) is 26.5. The van der Waals surface area contributed by atoms with Crippen LogP contribution in [-0.2, 0) is 5.41 Å². The molecule has 4 atom stereocenters. The largest absolute Gasteiger partial charge is 0.493 e. The number of hydrogen-bond acceptors (Lipinski definition) is 7. The van der Waals surface area contributed by atoms with Crippen LogP contribution in [0.2, 0.25) is 0 Å². The molecule has 1 heterocycles. The highest BCUT2D eigenvalue weighted by molar-refractivity contribution is 5.59. The van der Waals surface area contributed by atoms with Crippen LogP contribution in [0.3, 0.4) is 0 Å². The minimum atomic E-state index is -0.747. The monoisotopic (exact) mass is 482 g/mol. The molecule has 7 nitrogen and oxygen atoms in total. The lowest BCUT2D eigenvalue weighted by atomic mass is 9.67. The SMILES string of the molecule is CCC(C)C(C#N)(CCCC(N)CC1COc2ccccc2O1)c1ccc(OC)c(OC)c1OC. The van der Waals surface area contributed by atoms with Gasteiger partial charge in [-0.05, 0) is 49.4 Å². The van der Waals surface area contributed by atoms with Gasteiger partial charge in [-0.2, -0.15) is 5.26 Å².